The molecule has 92 valence electrons. The second kappa shape index (κ2) is 5.31. The highest BCUT2D eigenvalue weighted by atomic mass is 16.5. The smallest absolute Gasteiger partial charge is 0.338 e. The van der Waals surface area contributed by atoms with Crippen LogP contribution in [0.2, 0.25) is 0 Å². The second-order valence-electron chi connectivity index (χ2n) is 3.75. The summed E-state index contributed by atoms with van der Waals surface area (Å²) < 4.78 is 4.95. The number of aromatic nitrogens is 1. The molecule has 0 saturated carbocycles. The van der Waals surface area contributed by atoms with Crippen molar-refractivity contribution >= 4 is 11.8 Å². The molecule has 4 nitrogen and oxygen atoms in total. The lowest BCUT2D eigenvalue weighted by molar-refractivity contribution is 0.0526. The summed E-state index contributed by atoms with van der Waals surface area (Å²) in [6.07, 6.45) is 0. The fraction of sp³-hybridized carbons (Fsp3) is 0.143. The van der Waals surface area contributed by atoms with E-state index in [0.717, 1.165) is 5.56 Å². The third-order valence-electron chi connectivity index (χ3n) is 2.43. The number of carbonyl (C=O) groups excluding carboxylic acids is 1. The van der Waals surface area contributed by atoms with E-state index in [9.17, 15) is 4.79 Å². The highest BCUT2D eigenvalue weighted by Gasteiger charge is 2.10. The summed E-state index contributed by atoms with van der Waals surface area (Å²) in [6.45, 7) is 2.10. The van der Waals surface area contributed by atoms with Crippen LogP contribution in [-0.4, -0.2) is 17.6 Å². The van der Waals surface area contributed by atoms with Gasteiger partial charge >= 0.3 is 5.97 Å². The second-order valence-corrected chi connectivity index (χ2v) is 3.75. The normalized spacial score (nSPS) is 10.1. The van der Waals surface area contributed by atoms with Crippen molar-refractivity contribution in [3.8, 4) is 11.3 Å². The van der Waals surface area contributed by atoms with Crippen LogP contribution in [0.3, 0.4) is 0 Å². The predicted octanol–water partition coefficient (Wildman–Crippen LogP) is 2.51. The van der Waals surface area contributed by atoms with Gasteiger partial charge < -0.3 is 10.5 Å². The van der Waals surface area contributed by atoms with Crippen molar-refractivity contribution in [2.24, 2.45) is 0 Å². The summed E-state index contributed by atoms with van der Waals surface area (Å²) in [6, 6.07) is 12.8. The first-order chi connectivity index (χ1) is 8.70. The van der Waals surface area contributed by atoms with E-state index in [1.165, 1.54) is 6.07 Å². The summed E-state index contributed by atoms with van der Waals surface area (Å²) in [4.78, 5) is 15.9. The SMILES string of the molecule is CCOC(=O)c1cc(N)nc(-c2ccccc2)c1. The number of benzene rings is 1. The lowest BCUT2D eigenvalue weighted by Gasteiger charge is -2.06. The number of carbonyl (C=O) groups is 1. The van der Waals surface area contributed by atoms with Crippen LogP contribution in [0, 0.1) is 0 Å². The molecule has 0 fully saturated rings. The van der Waals surface area contributed by atoms with Crippen molar-refractivity contribution in [2.45, 2.75) is 6.92 Å². The first-order valence-electron chi connectivity index (χ1n) is 5.71. The molecule has 0 bridgehead atoms. The lowest BCUT2D eigenvalue weighted by atomic mass is 10.1. The molecule has 0 spiro atoms. The van der Waals surface area contributed by atoms with E-state index < -0.39 is 0 Å². The van der Waals surface area contributed by atoms with Crippen LogP contribution in [0.15, 0.2) is 42.5 Å². The monoisotopic (exact) mass is 242 g/mol. The molecule has 2 aromatic rings. The largest absolute Gasteiger partial charge is 0.462 e. The molecule has 0 radical (unpaired) electrons. The summed E-state index contributed by atoms with van der Waals surface area (Å²) in [5.41, 5.74) is 7.71. The molecule has 2 rings (SSSR count). The molecular weight excluding hydrogens is 228 g/mol. The zero-order chi connectivity index (χ0) is 13.0. The van der Waals surface area contributed by atoms with Gasteiger partial charge in [-0.15, -0.1) is 0 Å². The van der Waals surface area contributed by atoms with Gasteiger partial charge in [-0.1, -0.05) is 30.3 Å². The molecule has 1 aromatic heterocycles. The molecular formula is C14H14N2O2. The molecule has 1 heterocycles. The fourth-order valence-corrected chi connectivity index (χ4v) is 1.64. The zero-order valence-electron chi connectivity index (χ0n) is 10.1. The predicted molar refractivity (Wildman–Crippen MR) is 70.0 cm³/mol. The Hall–Kier alpha value is -2.36. The third kappa shape index (κ3) is 2.66. The lowest BCUT2D eigenvalue weighted by Crippen LogP contribution is -2.06. The van der Waals surface area contributed by atoms with Gasteiger partial charge in [0.2, 0.25) is 0 Å². The molecule has 1 aromatic carbocycles. The van der Waals surface area contributed by atoms with Crippen LogP contribution in [0.5, 0.6) is 0 Å². The highest BCUT2D eigenvalue weighted by molar-refractivity contribution is 5.91. The number of nitrogen functional groups attached to an aromatic ring is 1. The maximum Gasteiger partial charge on any atom is 0.338 e. The standard InChI is InChI=1S/C14H14N2O2/c1-2-18-14(17)11-8-12(16-13(15)9-11)10-6-4-3-5-7-10/h3-9H,2H2,1H3,(H2,15,16). The molecule has 0 unspecified atom stereocenters. The van der Waals surface area contributed by atoms with Gasteiger partial charge in [0.1, 0.15) is 5.82 Å². The van der Waals surface area contributed by atoms with Crippen LogP contribution in [0.4, 0.5) is 5.82 Å². The van der Waals surface area contributed by atoms with E-state index in [1.807, 2.05) is 30.3 Å². The molecule has 0 aliphatic carbocycles. The fourth-order valence-electron chi connectivity index (χ4n) is 1.64. The van der Waals surface area contributed by atoms with E-state index >= 15 is 0 Å². The number of esters is 1. The van der Waals surface area contributed by atoms with Crippen molar-refractivity contribution in [1.29, 1.82) is 0 Å². The summed E-state index contributed by atoms with van der Waals surface area (Å²) >= 11 is 0. The minimum Gasteiger partial charge on any atom is -0.462 e. The van der Waals surface area contributed by atoms with Gasteiger partial charge in [0.05, 0.1) is 17.9 Å². The van der Waals surface area contributed by atoms with Gasteiger partial charge in [-0.05, 0) is 19.1 Å². The number of hydrogen-bond acceptors (Lipinski definition) is 4. The quantitative estimate of drug-likeness (QED) is 0.840. The van der Waals surface area contributed by atoms with Crippen LogP contribution in [-0.2, 0) is 4.74 Å². The van der Waals surface area contributed by atoms with Crippen LogP contribution < -0.4 is 5.73 Å². The topological polar surface area (TPSA) is 65.2 Å². The minimum absolute atomic E-state index is 0.305. The number of nitrogens with zero attached hydrogens (tertiary/aromatic N) is 1. The Kier molecular flexibility index (Phi) is 3.57. The van der Waals surface area contributed by atoms with Gasteiger partial charge in [0.25, 0.3) is 0 Å². The molecule has 0 aliphatic rings. The number of rotatable bonds is 3. The molecule has 0 saturated heterocycles. The van der Waals surface area contributed by atoms with Gasteiger partial charge in [-0.25, -0.2) is 9.78 Å². The average Bonchev–Trinajstić information content (AvgIpc) is 2.39. The van der Waals surface area contributed by atoms with Crippen LogP contribution >= 0.6 is 0 Å². The van der Waals surface area contributed by atoms with Crippen molar-refractivity contribution in [3.63, 3.8) is 0 Å². The Morgan fingerprint density at radius 3 is 2.67 bits per heavy atom. The number of anilines is 1. The van der Waals surface area contributed by atoms with Crippen molar-refractivity contribution in [3.05, 3.63) is 48.0 Å². The number of nitrogens with two attached hydrogens (primary N) is 1. The number of ether oxygens (including phenoxy) is 1. The molecule has 0 aliphatic heterocycles. The Labute approximate surface area is 105 Å². The first-order valence-corrected chi connectivity index (χ1v) is 5.71. The zero-order valence-corrected chi connectivity index (χ0v) is 10.1. The van der Waals surface area contributed by atoms with E-state index in [0.29, 0.717) is 23.7 Å². The molecule has 0 atom stereocenters. The Balaban J connectivity index is 2.41. The van der Waals surface area contributed by atoms with Crippen molar-refractivity contribution in [1.82, 2.24) is 4.98 Å². The Bertz CT molecular complexity index is 553. The van der Waals surface area contributed by atoms with E-state index in [-0.39, 0.29) is 5.97 Å². The maximum atomic E-state index is 11.7. The number of hydrogen-bond donors (Lipinski definition) is 1. The molecule has 4 heteroatoms. The van der Waals surface area contributed by atoms with E-state index in [4.69, 9.17) is 10.5 Å². The summed E-state index contributed by atoms with van der Waals surface area (Å²) in [5, 5.41) is 0. The summed E-state index contributed by atoms with van der Waals surface area (Å²) in [5.74, 6) is -0.0804. The molecule has 18 heavy (non-hydrogen) atoms. The number of pyridine rings is 1. The van der Waals surface area contributed by atoms with E-state index in [2.05, 4.69) is 4.98 Å². The summed E-state index contributed by atoms with van der Waals surface area (Å²) in [7, 11) is 0. The van der Waals surface area contributed by atoms with Gasteiger partial charge in [-0.3, -0.25) is 0 Å². The van der Waals surface area contributed by atoms with Crippen LogP contribution in [0.25, 0.3) is 11.3 Å². The van der Waals surface area contributed by atoms with Gasteiger partial charge in [0.15, 0.2) is 0 Å². The Morgan fingerprint density at radius 1 is 1.28 bits per heavy atom. The first kappa shape index (κ1) is 12.1. The van der Waals surface area contributed by atoms with Gasteiger partial charge in [0, 0.05) is 5.56 Å². The Morgan fingerprint density at radius 2 is 2.00 bits per heavy atom. The van der Waals surface area contributed by atoms with Gasteiger partial charge in [-0.2, -0.15) is 0 Å². The van der Waals surface area contributed by atoms with Crippen LogP contribution in [0.1, 0.15) is 17.3 Å². The molecule has 0 amide bonds. The van der Waals surface area contributed by atoms with E-state index in [1.54, 1.807) is 13.0 Å². The van der Waals surface area contributed by atoms with Crippen molar-refractivity contribution in [2.75, 3.05) is 12.3 Å². The van der Waals surface area contributed by atoms with Crippen molar-refractivity contribution < 1.29 is 9.53 Å². The minimum atomic E-state index is -0.385. The highest BCUT2D eigenvalue weighted by Crippen LogP contribution is 2.20. The molecule has 2 N–H and O–H groups in total. The third-order valence-corrected chi connectivity index (χ3v) is 2.43. The average molecular weight is 242 g/mol. The maximum absolute atomic E-state index is 11.7.